The van der Waals surface area contributed by atoms with Crippen molar-refractivity contribution in [3.8, 4) is 11.3 Å². The van der Waals surface area contributed by atoms with E-state index in [0.29, 0.717) is 0 Å². The first-order valence-corrected chi connectivity index (χ1v) is 6.68. The molecule has 0 unspecified atom stereocenters. The number of hydrogen-bond donors (Lipinski definition) is 0. The molecular weight excluding hydrogens is 222 g/mol. The Balaban J connectivity index is 1.87. The van der Waals surface area contributed by atoms with E-state index in [0.717, 1.165) is 23.7 Å². The lowest BCUT2D eigenvalue weighted by atomic mass is 10.1. The molecule has 0 saturated heterocycles. The number of aromatic nitrogens is 3. The van der Waals surface area contributed by atoms with E-state index in [4.69, 9.17) is 0 Å². The van der Waals surface area contributed by atoms with Crippen LogP contribution in [0.2, 0.25) is 0 Å². The maximum absolute atomic E-state index is 4.42. The normalized spacial score (nSPS) is 11.1. The van der Waals surface area contributed by atoms with Crippen LogP contribution in [0.25, 0.3) is 11.3 Å². The van der Waals surface area contributed by atoms with Crippen molar-refractivity contribution in [1.82, 2.24) is 14.5 Å². The van der Waals surface area contributed by atoms with Gasteiger partial charge in [0.25, 0.3) is 0 Å². The summed E-state index contributed by atoms with van der Waals surface area (Å²) in [5, 5.41) is 0. The number of unbranched alkanes of at least 4 members (excludes halogenated alkanes) is 1. The van der Waals surface area contributed by atoms with E-state index in [1.165, 1.54) is 19.3 Å². The van der Waals surface area contributed by atoms with Crippen molar-refractivity contribution in [3.63, 3.8) is 0 Å². The largest absolute Gasteiger partial charge is 0.337 e. The SMILES string of the molecule is CC(C)CCCCn1cnc(-c2cccnc2)c1. The number of nitrogens with zero attached hydrogens (tertiary/aromatic N) is 3. The van der Waals surface area contributed by atoms with Gasteiger partial charge in [-0.25, -0.2) is 4.98 Å². The molecular formula is C15H21N3. The van der Waals surface area contributed by atoms with Crippen molar-refractivity contribution in [3.05, 3.63) is 37.1 Å². The summed E-state index contributed by atoms with van der Waals surface area (Å²) in [5.74, 6) is 0.804. The van der Waals surface area contributed by atoms with Gasteiger partial charge in [0.05, 0.1) is 12.0 Å². The molecule has 0 fully saturated rings. The van der Waals surface area contributed by atoms with Gasteiger partial charge in [-0.1, -0.05) is 26.7 Å². The minimum Gasteiger partial charge on any atom is -0.337 e. The van der Waals surface area contributed by atoms with E-state index >= 15 is 0 Å². The van der Waals surface area contributed by atoms with Crippen molar-refractivity contribution in [1.29, 1.82) is 0 Å². The van der Waals surface area contributed by atoms with Gasteiger partial charge in [-0.05, 0) is 24.5 Å². The molecule has 2 aromatic rings. The van der Waals surface area contributed by atoms with E-state index in [-0.39, 0.29) is 0 Å². The molecule has 0 bridgehead atoms. The van der Waals surface area contributed by atoms with Gasteiger partial charge in [-0.3, -0.25) is 4.98 Å². The zero-order valence-corrected chi connectivity index (χ0v) is 11.2. The lowest BCUT2D eigenvalue weighted by Crippen LogP contribution is -1.95. The highest BCUT2D eigenvalue weighted by Gasteiger charge is 2.02. The van der Waals surface area contributed by atoms with E-state index in [1.54, 1.807) is 6.20 Å². The van der Waals surface area contributed by atoms with Gasteiger partial charge >= 0.3 is 0 Å². The molecule has 0 aliphatic rings. The third kappa shape index (κ3) is 3.69. The van der Waals surface area contributed by atoms with Crippen molar-refractivity contribution in [2.75, 3.05) is 0 Å². The summed E-state index contributed by atoms with van der Waals surface area (Å²) in [4.78, 5) is 8.54. The Labute approximate surface area is 109 Å². The van der Waals surface area contributed by atoms with Crippen LogP contribution in [-0.4, -0.2) is 14.5 Å². The first-order chi connectivity index (χ1) is 8.75. The molecule has 0 atom stereocenters. The molecule has 3 heteroatoms. The predicted octanol–water partition coefficient (Wildman–Crippen LogP) is 3.77. The van der Waals surface area contributed by atoms with Gasteiger partial charge in [-0.2, -0.15) is 0 Å². The molecule has 96 valence electrons. The lowest BCUT2D eigenvalue weighted by molar-refractivity contribution is 0.509. The molecule has 2 rings (SSSR count). The van der Waals surface area contributed by atoms with E-state index in [2.05, 4.69) is 34.6 Å². The zero-order valence-electron chi connectivity index (χ0n) is 11.2. The molecule has 2 aromatic heterocycles. The van der Waals surface area contributed by atoms with Crippen LogP contribution in [0.3, 0.4) is 0 Å². The van der Waals surface area contributed by atoms with Crippen molar-refractivity contribution >= 4 is 0 Å². The van der Waals surface area contributed by atoms with Gasteiger partial charge in [0.15, 0.2) is 0 Å². The topological polar surface area (TPSA) is 30.7 Å². The molecule has 0 aliphatic heterocycles. The van der Waals surface area contributed by atoms with Crippen LogP contribution in [0.4, 0.5) is 0 Å². The second kappa shape index (κ2) is 6.34. The minimum absolute atomic E-state index is 0.804. The first-order valence-electron chi connectivity index (χ1n) is 6.68. The Kier molecular flexibility index (Phi) is 4.51. The summed E-state index contributed by atoms with van der Waals surface area (Å²) in [6, 6.07) is 3.98. The zero-order chi connectivity index (χ0) is 12.8. The average molecular weight is 243 g/mol. The second-order valence-electron chi connectivity index (χ2n) is 5.13. The van der Waals surface area contributed by atoms with Crippen molar-refractivity contribution in [2.24, 2.45) is 5.92 Å². The summed E-state index contributed by atoms with van der Waals surface area (Å²) in [6.07, 6.45) is 11.5. The summed E-state index contributed by atoms with van der Waals surface area (Å²) in [6.45, 7) is 5.61. The van der Waals surface area contributed by atoms with Gasteiger partial charge < -0.3 is 4.57 Å². The molecule has 0 N–H and O–H groups in total. The maximum Gasteiger partial charge on any atom is 0.0953 e. The molecule has 3 nitrogen and oxygen atoms in total. The number of imidazole rings is 1. The van der Waals surface area contributed by atoms with Gasteiger partial charge in [0.1, 0.15) is 0 Å². The van der Waals surface area contributed by atoms with Crippen molar-refractivity contribution in [2.45, 2.75) is 39.7 Å². The van der Waals surface area contributed by atoms with Crippen LogP contribution in [0.15, 0.2) is 37.1 Å². The molecule has 2 heterocycles. The fourth-order valence-electron chi connectivity index (χ4n) is 1.99. The molecule has 0 radical (unpaired) electrons. The Morgan fingerprint density at radius 3 is 2.89 bits per heavy atom. The second-order valence-corrected chi connectivity index (χ2v) is 5.13. The number of hydrogen-bond acceptors (Lipinski definition) is 2. The summed E-state index contributed by atoms with van der Waals surface area (Å²) >= 11 is 0. The Morgan fingerprint density at radius 2 is 2.17 bits per heavy atom. The molecule has 0 saturated carbocycles. The quantitative estimate of drug-likeness (QED) is 0.723. The highest BCUT2D eigenvalue weighted by Crippen LogP contribution is 2.15. The van der Waals surface area contributed by atoms with E-state index in [9.17, 15) is 0 Å². The van der Waals surface area contributed by atoms with E-state index in [1.807, 2.05) is 24.7 Å². The number of pyridine rings is 1. The smallest absolute Gasteiger partial charge is 0.0953 e. The van der Waals surface area contributed by atoms with Crippen LogP contribution in [0.5, 0.6) is 0 Å². The van der Waals surface area contributed by atoms with Crippen LogP contribution in [-0.2, 0) is 6.54 Å². The Hall–Kier alpha value is -1.64. The summed E-state index contributed by atoms with van der Waals surface area (Å²) in [7, 11) is 0. The summed E-state index contributed by atoms with van der Waals surface area (Å²) in [5.41, 5.74) is 2.09. The lowest BCUT2D eigenvalue weighted by Gasteiger charge is -2.04. The van der Waals surface area contributed by atoms with E-state index < -0.39 is 0 Å². The fraction of sp³-hybridized carbons (Fsp3) is 0.467. The third-order valence-corrected chi connectivity index (χ3v) is 3.04. The monoisotopic (exact) mass is 243 g/mol. The highest BCUT2D eigenvalue weighted by molar-refractivity contribution is 5.56. The average Bonchev–Trinajstić information content (AvgIpc) is 2.84. The predicted molar refractivity (Wildman–Crippen MR) is 74.1 cm³/mol. The molecule has 0 aromatic carbocycles. The standard InChI is InChI=1S/C15H21N3/c1-13(2)6-3-4-9-18-11-15(17-12-18)14-7-5-8-16-10-14/h5,7-8,10-13H,3-4,6,9H2,1-2H3. The third-order valence-electron chi connectivity index (χ3n) is 3.04. The van der Waals surface area contributed by atoms with Gasteiger partial charge in [0.2, 0.25) is 0 Å². The fourth-order valence-corrected chi connectivity index (χ4v) is 1.99. The maximum atomic E-state index is 4.42. The van der Waals surface area contributed by atoms with Crippen LogP contribution in [0, 0.1) is 5.92 Å². The Bertz CT molecular complexity index is 460. The molecule has 18 heavy (non-hydrogen) atoms. The number of rotatable bonds is 6. The first kappa shape index (κ1) is 12.8. The molecule has 0 amide bonds. The van der Waals surface area contributed by atoms with Crippen LogP contribution < -0.4 is 0 Å². The Morgan fingerprint density at radius 1 is 1.28 bits per heavy atom. The highest BCUT2D eigenvalue weighted by atomic mass is 15.0. The van der Waals surface area contributed by atoms with Crippen LogP contribution in [0.1, 0.15) is 33.1 Å². The van der Waals surface area contributed by atoms with Crippen LogP contribution >= 0.6 is 0 Å². The van der Waals surface area contributed by atoms with Crippen molar-refractivity contribution < 1.29 is 0 Å². The number of aryl methyl sites for hydroxylation is 1. The minimum atomic E-state index is 0.804. The summed E-state index contributed by atoms with van der Waals surface area (Å²) < 4.78 is 2.17. The van der Waals surface area contributed by atoms with Gasteiger partial charge in [0, 0.05) is 30.7 Å². The molecule has 0 spiro atoms. The molecule has 0 aliphatic carbocycles. The van der Waals surface area contributed by atoms with Gasteiger partial charge in [-0.15, -0.1) is 0 Å².